The maximum absolute atomic E-state index is 16.1. The summed E-state index contributed by atoms with van der Waals surface area (Å²) in [6.45, 7) is -8.76. The summed E-state index contributed by atoms with van der Waals surface area (Å²) in [5.74, 6) is -1.36. The van der Waals surface area contributed by atoms with Gasteiger partial charge in [0.2, 0.25) is 0 Å². The molecular formula is C24H26FN7O8P2S2. The van der Waals surface area contributed by atoms with Crippen LogP contribution in [0.5, 0.6) is 0 Å². The number of primary amides is 1. The number of fused-ring (bicyclic) bond motifs is 5. The van der Waals surface area contributed by atoms with Crippen molar-refractivity contribution in [2.75, 3.05) is 19.8 Å². The Morgan fingerprint density at radius 3 is 2.61 bits per heavy atom. The number of pyridine rings is 1. The molecule has 0 bridgehead atoms. The molecule has 2 unspecified atom stereocenters. The van der Waals surface area contributed by atoms with Crippen molar-refractivity contribution >= 4 is 60.8 Å². The van der Waals surface area contributed by atoms with Crippen LogP contribution in [0.25, 0.3) is 16.8 Å². The fourth-order valence-corrected chi connectivity index (χ4v) is 8.62. The molecule has 4 aromatic heterocycles. The number of ether oxygens (including phenoxy) is 1. The predicted octanol–water partition coefficient (Wildman–Crippen LogP) is 3.75. The van der Waals surface area contributed by atoms with Gasteiger partial charge >= 0.3 is 13.6 Å². The quantitative estimate of drug-likeness (QED) is 0.210. The largest absolute Gasteiger partial charge is 0.386 e. The van der Waals surface area contributed by atoms with E-state index in [0.717, 1.165) is 5.56 Å². The van der Waals surface area contributed by atoms with Crippen LogP contribution in [0.1, 0.15) is 34.6 Å². The first-order chi connectivity index (χ1) is 21.0. The van der Waals surface area contributed by atoms with E-state index in [2.05, 4.69) is 44.4 Å². The molecule has 2 N–H and O–H groups in total. The van der Waals surface area contributed by atoms with Crippen molar-refractivity contribution in [2.45, 2.75) is 36.9 Å². The summed E-state index contributed by atoms with van der Waals surface area (Å²) in [4.78, 5) is 28.6. The summed E-state index contributed by atoms with van der Waals surface area (Å²) in [5.41, 5.74) is 7.48. The van der Waals surface area contributed by atoms with E-state index in [4.69, 9.17) is 28.6 Å². The number of halogens is 1. The van der Waals surface area contributed by atoms with Crippen molar-refractivity contribution in [3.63, 3.8) is 0 Å². The number of imidazole rings is 2. The van der Waals surface area contributed by atoms with Gasteiger partial charge in [-0.25, -0.2) is 28.5 Å². The number of carbonyl (C=O) groups is 1. The van der Waals surface area contributed by atoms with Gasteiger partial charge in [0.15, 0.2) is 29.2 Å². The smallest absolute Gasteiger partial charge is 0.364 e. The van der Waals surface area contributed by atoms with E-state index in [1.54, 1.807) is 28.9 Å². The van der Waals surface area contributed by atoms with E-state index in [-0.39, 0.29) is 36.7 Å². The molecule has 0 spiro atoms. The maximum atomic E-state index is 16.1. The second-order valence-corrected chi connectivity index (χ2v) is 16.5. The van der Waals surface area contributed by atoms with E-state index >= 15 is 4.39 Å². The Morgan fingerprint density at radius 2 is 1.80 bits per heavy atom. The van der Waals surface area contributed by atoms with Crippen LogP contribution in [0.4, 0.5) is 4.39 Å². The molecule has 15 nitrogen and oxygen atoms in total. The van der Waals surface area contributed by atoms with Gasteiger partial charge in [0.25, 0.3) is 5.91 Å². The zero-order valence-electron chi connectivity index (χ0n) is 22.6. The summed E-state index contributed by atoms with van der Waals surface area (Å²) in [6, 6.07) is 3.33. The Kier molecular flexibility index (Phi) is 7.87. The molecule has 7 rings (SSSR count). The van der Waals surface area contributed by atoms with Gasteiger partial charge in [0.05, 0.1) is 26.1 Å². The molecule has 2 aliphatic heterocycles. The molecule has 9 atom stereocenters. The molecule has 3 aliphatic rings. The molecule has 6 heterocycles. The fraction of sp³-hybridized carbons (Fsp3) is 0.458. The number of nitrogens with zero attached hydrogens (tertiary/aromatic N) is 6. The summed E-state index contributed by atoms with van der Waals surface area (Å²) in [5, 5.41) is 0. The lowest BCUT2D eigenvalue weighted by molar-refractivity contribution is -0.0407. The van der Waals surface area contributed by atoms with Gasteiger partial charge in [-0.1, -0.05) is 24.5 Å². The minimum absolute atomic E-state index is 0.0658. The Morgan fingerprint density at radius 1 is 1.00 bits per heavy atom. The van der Waals surface area contributed by atoms with Crippen molar-refractivity contribution in [1.82, 2.24) is 28.9 Å². The second kappa shape index (κ2) is 11.4. The lowest BCUT2D eigenvalue weighted by Crippen LogP contribution is -2.40. The van der Waals surface area contributed by atoms with E-state index in [0.29, 0.717) is 23.2 Å². The average Bonchev–Trinajstić information content (AvgIpc) is 3.68. The molecular weight excluding hydrogens is 659 g/mol. The first kappa shape index (κ1) is 30.3. The summed E-state index contributed by atoms with van der Waals surface area (Å²) in [6.07, 6.45) is 2.19. The van der Waals surface area contributed by atoms with Crippen molar-refractivity contribution in [1.29, 1.82) is 0 Å². The fourth-order valence-electron chi connectivity index (χ4n) is 5.92. The highest BCUT2D eigenvalue weighted by Crippen LogP contribution is 2.61. The highest BCUT2D eigenvalue weighted by Gasteiger charge is 2.52. The van der Waals surface area contributed by atoms with Crippen LogP contribution in [0.2, 0.25) is 0 Å². The summed E-state index contributed by atoms with van der Waals surface area (Å²) < 4.78 is 74.2. The molecule has 1 amide bonds. The van der Waals surface area contributed by atoms with Crippen LogP contribution < -0.4 is 5.73 Å². The van der Waals surface area contributed by atoms with Crippen LogP contribution in [0.15, 0.2) is 43.4 Å². The lowest BCUT2D eigenvalue weighted by atomic mass is 9.63. The first-order valence-electron chi connectivity index (χ1n) is 13.5. The van der Waals surface area contributed by atoms with Crippen LogP contribution in [0, 0.1) is 11.8 Å². The Balaban J connectivity index is 1.13. The highest BCUT2D eigenvalue weighted by atomic mass is 32.7. The van der Waals surface area contributed by atoms with E-state index in [9.17, 15) is 13.9 Å². The van der Waals surface area contributed by atoms with Gasteiger partial charge in [-0.05, 0) is 41.9 Å². The van der Waals surface area contributed by atoms with Gasteiger partial charge in [0, 0.05) is 18.6 Å². The minimum Gasteiger partial charge on any atom is -0.364 e. The molecule has 1 aliphatic carbocycles. The monoisotopic (exact) mass is 685 g/mol. The average molecular weight is 686 g/mol. The SMILES string of the molecule is NC(=O)c1cc([C@@H]2C[C@@H]3COP(=O)(S)O[C@H]4[C@@H](F)[C@H](n5cnc6c5ncn5ccnc65)O[C@@H]4COP(=O)(S)OC[C@H]32)ccn1. The van der Waals surface area contributed by atoms with Gasteiger partial charge in [-0.2, -0.15) is 0 Å². The minimum atomic E-state index is -4.15. The standard InChI is InChI=1S/C24H26FN7O8P2S2/c25-18-20-17(39-24(18)32-11-29-19-22-28-3-4-31(22)10-30-23(19)32)9-38-41(34,43)37-8-15-13(7-36-42(35,44)40-20)5-14(15)12-1-2-27-16(6-12)21(26)33/h1-4,6,10-11,13-15,17-18,20,24H,5,7-9H2,(H2,26,33)(H,34,43)(H,35,44)/t13-,14+,15-,17-,18-,20-,24-,41?,42?/m1/s1. The van der Waals surface area contributed by atoms with Gasteiger partial charge in [-0.3, -0.25) is 27.8 Å². The second-order valence-electron chi connectivity index (χ2n) is 10.7. The molecule has 234 valence electrons. The summed E-state index contributed by atoms with van der Waals surface area (Å²) >= 11 is 8.25. The number of hydrogen-bond acceptors (Lipinski definition) is 12. The Bertz CT molecular complexity index is 1850. The third kappa shape index (κ3) is 5.60. The van der Waals surface area contributed by atoms with Crippen LogP contribution in [0.3, 0.4) is 0 Å². The molecule has 0 aromatic carbocycles. The van der Waals surface area contributed by atoms with Crippen molar-refractivity contribution in [3.8, 4) is 0 Å². The first-order valence-corrected chi connectivity index (χ1v) is 18.9. The molecule has 20 heteroatoms. The number of amides is 1. The number of alkyl halides is 1. The molecule has 2 saturated heterocycles. The number of carbonyl (C=O) groups excluding carboxylic acids is 1. The Labute approximate surface area is 259 Å². The third-order valence-corrected chi connectivity index (χ3v) is 11.4. The van der Waals surface area contributed by atoms with Crippen molar-refractivity contribution in [2.24, 2.45) is 17.6 Å². The Hall–Kier alpha value is -2.40. The van der Waals surface area contributed by atoms with Crippen LogP contribution in [-0.2, 0) is 32.0 Å². The molecule has 3 fully saturated rings. The lowest BCUT2D eigenvalue weighted by Gasteiger charge is -2.45. The van der Waals surface area contributed by atoms with E-state index in [1.165, 1.54) is 23.4 Å². The van der Waals surface area contributed by atoms with Crippen LogP contribution >= 0.6 is 38.1 Å². The molecule has 4 aromatic rings. The van der Waals surface area contributed by atoms with Gasteiger partial charge < -0.3 is 19.5 Å². The molecule has 1 saturated carbocycles. The van der Waals surface area contributed by atoms with E-state index in [1.807, 2.05) is 0 Å². The molecule has 0 radical (unpaired) electrons. The van der Waals surface area contributed by atoms with Crippen molar-refractivity contribution < 1.29 is 41.1 Å². The van der Waals surface area contributed by atoms with Crippen LogP contribution in [-0.4, -0.2) is 73.0 Å². The van der Waals surface area contributed by atoms with Crippen molar-refractivity contribution in [3.05, 3.63) is 54.6 Å². The summed E-state index contributed by atoms with van der Waals surface area (Å²) in [7, 11) is 0. The van der Waals surface area contributed by atoms with E-state index < -0.39 is 50.7 Å². The number of hydrogen-bond donors (Lipinski definition) is 3. The topological polar surface area (TPSA) is 184 Å². The number of thiol groups is 2. The van der Waals surface area contributed by atoms with Gasteiger partial charge in [0.1, 0.15) is 24.2 Å². The zero-order chi connectivity index (χ0) is 30.8. The highest BCUT2D eigenvalue weighted by molar-refractivity contribution is 8.44. The normalized spacial score (nSPS) is 36.5. The number of aromatic nitrogens is 6. The number of rotatable bonds is 3. The van der Waals surface area contributed by atoms with Gasteiger partial charge in [-0.15, -0.1) is 0 Å². The maximum Gasteiger partial charge on any atom is 0.386 e. The molecule has 44 heavy (non-hydrogen) atoms. The zero-order valence-corrected chi connectivity index (χ0v) is 26.2. The predicted molar refractivity (Wildman–Crippen MR) is 158 cm³/mol. The number of nitrogens with two attached hydrogens (primary N) is 1. The third-order valence-electron chi connectivity index (χ3n) is 8.18.